The molecule has 1 rings (SSSR count). The van der Waals surface area contributed by atoms with E-state index in [4.69, 9.17) is 18.6 Å². The van der Waals surface area contributed by atoms with Gasteiger partial charge in [0.1, 0.15) is 0 Å². The molecular formula is C11H18N2O5S. The molecule has 0 bridgehead atoms. The second-order valence-corrected chi connectivity index (χ2v) is 4.22. The zero-order chi connectivity index (χ0) is 14.1. The summed E-state index contributed by atoms with van der Waals surface area (Å²) in [5.41, 5.74) is 0. The lowest BCUT2D eigenvalue weighted by Crippen LogP contribution is -2.19. The van der Waals surface area contributed by atoms with E-state index in [0.717, 1.165) is 0 Å². The molecule has 0 saturated heterocycles. The molecule has 1 heterocycles. The van der Waals surface area contributed by atoms with Crippen LogP contribution in [0.2, 0.25) is 0 Å². The monoisotopic (exact) mass is 290 g/mol. The molecule has 0 radical (unpaired) electrons. The Hall–Kier alpha value is -1.12. The van der Waals surface area contributed by atoms with E-state index in [1.807, 2.05) is 13.8 Å². The second kappa shape index (κ2) is 8.89. The van der Waals surface area contributed by atoms with Gasteiger partial charge in [0, 0.05) is 13.2 Å². The summed E-state index contributed by atoms with van der Waals surface area (Å²) in [4.78, 5) is 11.3. The molecule has 0 N–H and O–H groups in total. The van der Waals surface area contributed by atoms with Crippen LogP contribution in [0.1, 0.15) is 31.5 Å². The number of rotatable bonds is 9. The molecule has 0 aliphatic rings. The zero-order valence-corrected chi connectivity index (χ0v) is 12.1. The second-order valence-electron chi connectivity index (χ2n) is 3.24. The molecule has 0 unspecified atom stereocenters. The number of thioether (sulfide) groups is 1. The lowest BCUT2D eigenvalue weighted by atomic mass is 10.7. The van der Waals surface area contributed by atoms with Crippen LogP contribution in [-0.4, -0.2) is 48.0 Å². The van der Waals surface area contributed by atoms with Crippen molar-refractivity contribution in [3.63, 3.8) is 0 Å². The minimum Gasteiger partial charge on any atom is -0.459 e. The highest BCUT2D eigenvalue weighted by Crippen LogP contribution is 2.18. The lowest BCUT2D eigenvalue weighted by Gasteiger charge is -2.14. The fourth-order valence-corrected chi connectivity index (χ4v) is 1.91. The van der Waals surface area contributed by atoms with E-state index >= 15 is 0 Å². The molecule has 0 saturated carbocycles. The predicted octanol–water partition coefficient (Wildman–Crippen LogP) is 1.74. The van der Waals surface area contributed by atoms with Crippen LogP contribution in [0.25, 0.3) is 0 Å². The van der Waals surface area contributed by atoms with Gasteiger partial charge in [-0.3, -0.25) is 0 Å². The summed E-state index contributed by atoms with van der Waals surface area (Å²) in [5, 5.41) is 7.64. The summed E-state index contributed by atoms with van der Waals surface area (Å²) in [5.74, 6) is -0.256. The Labute approximate surface area is 116 Å². The molecule has 0 aromatic carbocycles. The van der Waals surface area contributed by atoms with Crippen molar-refractivity contribution in [2.75, 3.05) is 25.6 Å². The maximum atomic E-state index is 11.3. The fraction of sp³-hybridized carbons (Fsp3) is 0.727. The molecule has 108 valence electrons. The van der Waals surface area contributed by atoms with Crippen molar-refractivity contribution in [2.45, 2.75) is 32.3 Å². The molecule has 0 aliphatic heterocycles. The van der Waals surface area contributed by atoms with E-state index in [-0.39, 0.29) is 24.0 Å². The number of hydrogen-bond acceptors (Lipinski definition) is 8. The minimum atomic E-state index is -0.618. The predicted molar refractivity (Wildman–Crippen MR) is 68.0 cm³/mol. The first-order valence-corrected chi connectivity index (χ1v) is 7.06. The number of aromatic nitrogens is 2. The third-order valence-electron chi connectivity index (χ3n) is 1.90. The van der Waals surface area contributed by atoms with Gasteiger partial charge in [-0.2, -0.15) is 0 Å². The normalized spacial score (nSPS) is 10.9. The Balaban J connectivity index is 2.46. The van der Waals surface area contributed by atoms with Crippen LogP contribution in [0, 0.1) is 0 Å². The number of ether oxygens (including phenoxy) is 3. The van der Waals surface area contributed by atoms with E-state index in [1.165, 1.54) is 11.8 Å². The van der Waals surface area contributed by atoms with Gasteiger partial charge in [-0.25, -0.2) is 4.79 Å². The van der Waals surface area contributed by atoms with Gasteiger partial charge in [0.25, 0.3) is 5.22 Å². The molecule has 0 fully saturated rings. The van der Waals surface area contributed by atoms with Gasteiger partial charge in [0.15, 0.2) is 6.29 Å². The zero-order valence-electron chi connectivity index (χ0n) is 11.2. The van der Waals surface area contributed by atoms with E-state index in [0.29, 0.717) is 19.0 Å². The van der Waals surface area contributed by atoms with Gasteiger partial charge in [-0.1, -0.05) is 16.9 Å². The van der Waals surface area contributed by atoms with E-state index in [1.54, 1.807) is 6.92 Å². The number of carbonyl (C=O) groups is 1. The van der Waals surface area contributed by atoms with Crippen LogP contribution in [0.4, 0.5) is 0 Å². The Morgan fingerprint density at radius 1 is 1.21 bits per heavy atom. The van der Waals surface area contributed by atoms with Crippen molar-refractivity contribution in [1.29, 1.82) is 0 Å². The summed E-state index contributed by atoms with van der Waals surface area (Å²) in [6, 6.07) is 0. The maximum Gasteiger partial charge on any atom is 0.396 e. The minimum absolute atomic E-state index is 0.145. The van der Waals surface area contributed by atoms with Crippen molar-refractivity contribution in [2.24, 2.45) is 0 Å². The van der Waals surface area contributed by atoms with Crippen molar-refractivity contribution in [3.8, 4) is 0 Å². The molecule has 0 amide bonds. The highest BCUT2D eigenvalue weighted by atomic mass is 32.2. The van der Waals surface area contributed by atoms with Gasteiger partial charge in [0.05, 0.1) is 12.4 Å². The first-order chi connectivity index (χ1) is 9.21. The topological polar surface area (TPSA) is 83.7 Å². The van der Waals surface area contributed by atoms with Crippen molar-refractivity contribution in [3.05, 3.63) is 5.89 Å². The van der Waals surface area contributed by atoms with Crippen molar-refractivity contribution < 1.29 is 23.4 Å². The summed E-state index contributed by atoms with van der Waals surface area (Å²) in [6.07, 6.45) is -0.335. The molecule has 1 aromatic heterocycles. The molecule has 0 aliphatic carbocycles. The van der Waals surface area contributed by atoms with Gasteiger partial charge >= 0.3 is 11.9 Å². The van der Waals surface area contributed by atoms with E-state index in [2.05, 4.69) is 10.2 Å². The SMILES string of the molecule is CCOC(=O)c1nnc(SCC(OCC)OCC)o1. The number of hydrogen-bond donors (Lipinski definition) is 0. The van der Waals surface area contributed by atoms with Gasteiger partial charge < -0.3 is 18.6 Å². The van der Waals surface area contributed by atoms with Crippen molar-refractivity contribution in [1.82, 2.24) is 10.2 Å². The van der Waals surface area contributed by atoms with E-state index < -0.39 is 5.97 Å². The van der Waals surface area contributed by atoms with Crippen LogP contribution in [-0.2, 0) is 14.2 Å². The highest BCUT2D eigenvalue weighted by molar-refractivity contribution is 7.99. The number of esters is 1. The third-order valence-corrected chi connectivity index (χ3v) is 2.76. The first-order valence-electron chi connectivity index (χ1n) is 6.07. The fourth-order valence-electron chi connectivity index (χ4n) is 1.20. The van der Waals surface area contributed by atoms with Gasteiger partial charge in [-0.15, -0.1) is 5.10 Å². The Morgan fingerprint density at radius 2 is 1.89 bits per heavy atom. The summed E-state index contributed by atoms with van der Waals surface area (Å²) in [6.45, 7) is 6.87. The van der Waals surface area contributed by atoms with Crippen LogP contribution in [0.3, 0.4) is 0 Å². The van der Waals surface area contributed by atoms with Crippen molar-refractivity contribution >= 4 is 17.7 Å². The Bertz CT molecular complexity index is 379. The van der Waals surface area contributed by atoms with Crippen LogP contribution in [0.5, 0.6) is 0 Å². The molecule has 0 atom stereocenters. The molecule has 8 heteroatoms. The average molecular weight is 290 g/mol. The summed E-state index contributed by atoms with van der Waals surface area (Å²) in [7, 11) is 0. The highest BCUT2D eigenvalue weighted by Gasteiger charge is 2.17. The standard InChI is InChI=1S/C11H18N2O5S/c1-4-15-8(16-5-2)7-19-11-13-12-9(18-11)10(14)17-6-3/h8H,4-7H2,1-3H3. The van der Waals surface area contributed by atoms with Gasteiger partial charge in [0.2, 0.25) is 0 Å². The van der Waals surface area contributed by atoms with Crippen LogP contribution in [0.15, 0.2) is 9.64 Å². The summed E-state index contributed by atoms with van der Waals surface area (Å²) < 4.78 is 20.7. The summed E-state index contributed by atoms with van der Waals surface area (Å²) >= 11 is 1.27. The molecular weight excluding hydrogens is 272 g/mol. The quantitative estimate of drug-likeness (QED) is 0.386. The maximum absolute atomic E-state index is 11.3. The Kier molecular flexibility index (Phi) is 7.46. The largest absolute Gasteiger partial charge is 0.459 e. The smallest absolute Gasteiger partial charge is 0.396 e. The molecule has 19 heavy (non-hydrogen) atoms. The van der Waals surface area contributed by atoms with Crippen LogP contribution < -0.4 is 0 Å². The van der Waals surface area contributed by atoms with Crippen LogP contribution >= 0.6 is 11.8 Å². The molecule has 1 aromatic rings. The number of carbonyl (C=O) groups excluding carboxylic acids is 1. The third kappa shape index (κ3) is 5.58. The molecule has 7 nitrogen and oxygen atoms in total. The first kappa shape index (κ1) is 15.9. The average Bonchev–Trinajstić information content (AvgIpc) is 2.86. The lowest BCUT2D eigenvalue weighted by molar-refractivity contribution is -0.120. The van der Waals surface area contributed by atoms with E-state index in [9.17, 15) is 4.79 Å². The molecule has 0 spiro atoms. The Morgan fingerprint density at radius 3 is 2.47 bits per heavy atom. The van der Waals surface area contributed by atoms with Gasteiger partial charge in [-0.05, 0) is 20.8 Å². The number of nitrogens with zero attached hydrogens (tertiary/aromatic N) is 2.